The molecule has 1 atom stereocenters. The highest BCUT2D eigenvalue weighted by molar-refractivity contribution is 5.28. The molecule has 0 bridgehead atoms. The summed E-state index contributed by atoms with van der Waals surface area (Å²) in [7, 11) is 3.95. The number of hydrogen-bond acceptors (Lipinski definition) is 3. The average Bonchev–Trinajstić information content (AvgIpc) is 2.96. The molecule has 1 aromatic rings. The number of nitrogens with one attached hydrogen (secondary N) is 1. The lowest BCUT2D eigenvalue weighted by molar-refractivity contribution is 0.308. The minimum Gasteiger partial charge on any atom is -0.497 e. The van der Waals surface area contributed by atoms with Crippen LogP contribution in [0.2, 0.25) is 0 Å². The molecule has 0 saturated carbocycles. The highest BCUT2D eigenvalue weighted by Gasteiger charge is 2.14. The Labute approximate surface area is 116 Å². The Hall–Kier alpha value is -1.06. The van der Waals surface area contributed by atoms with Gasteiger partial charge in [-0.05, 0) is 69.6 Å². The third-order valence-corrected chi connectivity index (χ3v) is 4.00. The molecule has 1 fully saturated rings. The zero-order valence-electron chi connectivity index (χ0n) is 12.2. The number of hydrogen-bond donors (Lipinski definition) is 1. The molecule has 1 aliphatic rings. The molecule has 1 unspecified atom stereocenters. The van der Waals surface area contributed by atoms with Crippen molar-refractivity contribution in [2.24, 2.45) is 5.92 Å². The number of benzene rings is 1. The predicted octanol–water partition coefficient (Wildman–Crippen LogP) is 2.17. The molecule has 106 valence electrons. The standard InChI is InChI=1S/C16H26N2O/c1-18(11-8-15-6-9-17-13-15)10-7-14-4-3-5-16(12-14)19-2/h3-5,12,15,17H,6-11,13H2,1-2H3. The van der Waals surface area contributed by atoms with Gasteiger partial charge in [-0.15, -0.1) is 0 Å². The third-order valence-electron chi connectivity index (χ3n) is 4.00. The molecule has 2 rings (SSSR count). The second kappa shape index (κ2) is 7.51. The van der Waals surface area contributed by atoms with Crippen molar-refractivity contribution in [1.29, 1.82) is 0 Å². The van der Waals surface area contributed by atoms with Crippen molar-refractivity contribution in [3.8, 4) is 5.75 Å². The van der Waals surface area contributed by atoms with Gasteiger partial charge in [-0.25, -0.2) is 0 Å². The molecule has 0 amide bonds. The van der Waals surface area contributed by atoms with Crippen LogP contribution in [0.1, 0.15) is 18.4 Å². The number of methoxy groups -OCH3 is 1. The van der Waals surface area contributed by atoms with Crippen LogP contribution in [-0.4, -0.2) is 45.2 Å². The zero-order chi connectivity index (χ0) is 13.5. The highest BCUT2D eigenvalue weighted by Crippen LogP contribution is 2.14. The minimum absolute atomic E-state index is 0.888. The molecule has 3 heteroatoms. The topological polar surface area (TPSA) is 24.5 Å². The van der Waals surface area contributed by atoms with Gasteiger partial charge in [0.15, 0.2) is 0 Å². The number of rotatable bonds is 7. The van der Waals surface area contributed by atoms with Crippen LogP contribution >= 0.6 is 0 Å². The maximum atomic E-state index is 5.26. The van der Waals surface area contributed by atoms with Crippen LogP contribution in [0.3, 0.4) is 0 Å². The van der Waals surface area contributed by atoms with Crippen molar-refractivity contribution in [1.82, 2.24) is 10.2 Å². The van der Waals surface area contributed by atoms with Crippen molar-refractivity contribution in [3.05, 3.63) is 29.8 Å². The van der Waals surface area contributed by atoms with Crippen LogP contribution in [-0.2, 0) is 6.42 Å². The molecule has 19 heavy (non-hydrogen) atoms. The van der Waals surface area contributed by atoms with Gasteiger partial charge in [0.25, 0.3) is 0 Å². The van der Waals surface area contributed by atoms with Crippen molar-refractivity contribution in [3.63, 3.8) is 0 Å². The number of ether oxygens (including phenoxy) is 1. The molecule has 3 nitrogen and oxygen atoms in total. The monoisotopic (exact) mass is 262 g/mol. The van der Waals surface area contributed by atoms with Gasteiger partial charge >= 0.3 is 0 Å². The van der Waals surface area contributed by atoms with E-state index in [1.54, 1.807) is 7.11 Å². The first-order valence-corrected chi connectivity index (χ1v) is 7.30. The lowest BCUT2D eigenvalue weighted by atomic mass is 10.0. The fraction of sp³-hybridized carbons (Fsp3) is 0.625. The maximum absolute atomic E-state index is 5.26. The van der Waals surface area contributed by atoms with Crippen molar-refractivity contribution < 1.29 is 4.74 Å². The van der Waals surface area contributed by atoms with E-state index in [-0.39, 0.29) is 0 Å². The predicted molar refractivity (Wildman–Crippen MR) is 79.8 cm³/mol. The van der Waals surface area contributed by atoms with Gasteiger partial charge in [0.05, 0.1) is 7.11 Å². The van der Waals surface area contributed by atoms with Crippen LogP contribution in [0.4, 0.5) is 0 Å². The largest absolute Gasteiger partial charge is 0.497 e. The number of nitrogens with zero attached hydrogens (tertiary/aromatic N) is 1. The van der Waals surface area contributed by atoms with Gasteiger partial charge in [0.1, 0.15) is 5.75 Å². The van der Waals surface area contributed by atoms with Gasteiger partial charge in [0.2, 0.25) is 0 Å². The molecule has 0 radical (unpaired) electrons. The maximum Gasteiger partial charge on any atom is 0.119 e. The van der Waals surface area contributed by atoms with Crippen molar-refractivity contribution in [2.75, 3.05) is 40.3 Å². The Morgan fingerprint density at radius 2 is 2.26 bits per heavy atom. The quantitative estimate of drug-likeness (QED) is 0.815. The van der Waals surface area contributed by atoms with E-state index in [1.165, 1.54) is 38.0 Å². The molecule has 1 aromatic carbocycles. The van der Waals surface area contributed by atoms with Crippen LogP contribution < -0.4 is 10.1 Å². The van der Waals surface area contributed by atoms with Gasteiger partial charge < -0.3 is 15.0 Å². The molecule has 0 spiro atoms. The first-order valence-electron chi connectivity index (χ1n) is 7.30. The SMILES string of the molecule is COc1cccc(CCN(C)CCC2CCNC2)c1. The van der Waals surface area contributed by atoms with Gasteiger partial charge in [-0.2, -0.15) is 0 Å². The Morgan fingerprint density at radius 1 is 1.37 bits per heavy atom. The summed E-state index contributed by atoms with van der Waals surface area (Å²) in [5.41, 5.74) is 1.36. The fourth-order valence-electron chi connectivity index (χ4n) is 2.62. The van der Waals surface area contributed by atoms with Gasteiger partial charge in [-0.3, -0.25) is 0 Å². The van der Waals surface area contributed by atoms with Crippen molar-refractivity contribution >= 4 is 0 Å². The molecule has 1 heterocycles. The van der Waals surface area contributed by atoms with E-state index in [0.717, 1.165) is 24.6 Å². The average molecular weight is 262 g/mol. The van der Waals surface area contributed by atoms with Crippen LogP contribution in [0.5, 0.6) is 5.75 Å². The van der Waals surface area contributed by atoms with Crippen LogP contribution in [0.25, 0.3) is 0 Å². The molecule has 0 aromatic heterocycles. The Bertz CT molecular complexity index is 375. The van der Waals surface area contributed by atoms with Gasteiger partial charge in [-0.1, -0.05) is 12.1 Å². The van der Waals surface area contributed by atoms with E-state index in [0.29, 0.717) is 0 Å². The smallest absolute Gasteiger partial charge is 0.119 e. The van der Waals surface area contributed by atoms with E-state index >= 15 is 0 Å². The highest BCUT2D eigenvalue weighted by atomic mass is 16.5. The zero-order valence-corrected chi connectivity index (χ0v) is 12.2. The van der Waals surface area contributed by atoms with E-state index in [4.69, 9.17) is 4.74 Å². The second-order valence-electron chi connectivity index (χ2n) is 5.55. The Balaban J connectivity index is 1.68. The molecule has 1 saturated heterocycles. The summed E-state index contributed by atoms with van der Waals surface area (Å²) >= 11 is 0. The second-order valence-corrected chi connectivity index (χ2v) is 5.55. The third kappa shape index (κ3) is 4.84. The van der Waals surface area contributed by atoms with Crippen LogP contribution in [0.15, 0.2) is 24.3 Å². The molecular formula is C16H26N2O. The first kappa shape index (κ1) is 14.4. The number of likely N-dealkylation sites (N-methyl/N-ethyl adjacent to an activating group) is 1. The summed E-state index contributed by atoms with van der Waals surface area (Å²) in [6.45, 7) is 4.74. The Morgan fingerprint density at radius 3 is 3.00 bits per heavy atom. The van der Waals surface area contributed by atoms with E-state index in [2.05, 4.69) is 35.5 Å². The minimum atomic E-state index is 0.888. The van der Waals surface area contributed by atoms with Crippen molar-refractivity contribution in [2.45, 2.75) is 19.3 Å². The lowest BCUT2D eigenvalue weighted by Crippen LogP contribution is -2.24. The fourth-order valence-corrected chi connectivity index (χ4v) is 2.62. The normalized spacial score (nSPS) is 19.0. The Kier molecular flexibility index (Phi) is 5.67. The summed E-state index contributed by atoms with van der Waals surface area (Å²) in [4.78, 5) is 2.44. The van der Waals surface area contributed by atoms with E-state index < -0.39 is 0 Å². The lowest BCUT2D eigenvalue weighted by Gasteiger charge is -2.18. The summed E-state index contributed by atoms with van der Waals surface area (Å²) in [5.74, 6) is 1.84. The van der Waals surface area contributed by atoms with Crippen LogP contribution in [0, 0.1) is 5.92 Å². The summed E-state index contributed by atoms with van der Waals surface area (Å²) in [6, 6.07) is 8.38. The van der Waals surface area contributed by atoms with E-state index in [1.807, 2.05) is 6.07 Å². The molecule has 1 aliphatic heterocycles. The molecular weight excluding hydrogens is 236 g/mol. The summed E-state index contributed by atoms with van der Waals surface area (Å²) < 4.78 is 5.26. The van der Waals surface area contributed by atoms with E-state index in [9.17, 15) is 0 Å². The summed E-state index contributed by atoms with van der Waals surface area (Å²) in [5, 5.41) is 3.43. The molecule has 1 N–H and O–H groups in total. The first-order chi connectivity index (χ1) is 9.28. The molecule has 0 aliphatic carbocycles. The summed E-state index contributed by atoms with van der Waals surface area (Å²) in [6.07, 6.45) is 3.77. The van der Waals surface area contributed by atoms with Gasteiger partial charge in [0, 0.05) is 6.54 Å².